The summed E-state index contributed by atoms with van der Waals surface area (Å²) in [6.07, 6.45) is 13.0. The maximum absolute atomic E-state index is 10.4. The van der Waals surface area contributed by atoms with Crippen LogP contribution in [0.15, 0.2) is 47.8 Å². The molecule has 156 valence electrons. The van der Waals surface area contributed by atoms with Crippen LogP contribution < -0.4 is 4.74 Å². The molecule has 5 nitrogen and oxygen atoms in total. The number of rotatable bonds is 3. The number of hydrogen-bond donors (Lipinski definition) is 1. The van der Waals surface area contributed by atoms with Gasteiger partial charge in [0, 0.05) is 11.1 Å². The lowest BCUT2D eigenvalue weighted by Gasteiger charge is -2.38. The standard InChI is InChI=1S/C26H25N3O2/c1-31-26-28-24(27-25(29-26)20-7-2-3-8-21(20)30)19-14-12-17-10-9-15-5-4-6-16-11-13-18(19)23(17)22(15)16/h3-6,8,14,17,30H,2,7,9-13H2,1H3. The van der Waals surface area contributed by atoms with E-state index < -0.39 is 0 Å². The Morgan fingerprint density at radius 1 is 0.968 bits per heavy atom. The SMILES string of the molecule is COc1nc(C2=CCC3CCc4cccc5c4C3=C2CC5)nc(C2=C(O)C=CCC2)n1. The molecular formula is C26H25N3O2. The van der Waals surface area contributed by atoms with Crippen molar-refractivity contribution in [2.24, 2.45) is 5.92 Å². The second-order valence-corrected chi connectivity index (χ2v) is 8.71. The summed E-state index contributed by atoms with van der Waals surface area (Å²) in [7, 11) is 1.58. The molecular weight excluding hydrogens is 386 g/mol. The van der Waals surface area contributed by atoms with E-state index in [0.29, 0.717) is 30.0 Å². The minimum absolute atomic E-state index is 0.230. The van der Waals surface area contributed by atoms with Gasteiger partial charge in [-0.15, -0.1) is 0 Å². The van der Waals surface area contributed by atoms with Gasteiger partial charge in [0.25, 0.3) is 0 Å². The number of hydrogen-bond acceptors (Lipinski definition) is 5. The van der Waals surface area contributed by atoms with Crippen molar-refractivity contribution in [2.75, 3.05) is 7.11 Å². The Morgan fingerprint density at radius 2 is 1.81 bits per heavy atom. The Kier molecular flexibility index (Phi) is 4.30. The van der Waals surface area contributed by atoms with E-state index in [1.54, 1.807) is 13.2 Å². The van der Waals surface area contributed by atoms with Crippen LogP contribution in [0.4, 0.5) is 0 Å². The van der Waals surface area contributed by atoms with E-state index in [-0.39, 0.29) is 5.76 Å². The molecule has 0 radical (unpaired) electrons. The van der Waals surface area contributed by atoms with Crippen molar-refractivity contribution < 1.29 is 9.84 Å². The van der Waals surface area contributed by atoms with Gasteiger partial charge in [-0.3, -0.25) is 0 Å². The monoisotopic (exact) mass is 411 g/mol. The maximum atomic E-state index is 10.4. The van der Waals surface area contributed by atoms with Crippen LogP contribution in [0.2, 0.25) is 0 Å². The Balaban J connectivity index is 1.51. The van der Waals surface area contributed by atoms with Gasteiger partial charge in [-0.2, -0.15) is 9.97 Å². The van der Waals surface area contributed by atoms with E-state index in [4.69, 9.17) is 9.72 Å². The Bertz CT molecular complexity index is 1220. The van der Waals surface area contributed by atoms with Gasteiger partial charge in [-0.25, -0.2) is 4.98 Å². The van der Waals surface area contributed by atoms with Crippen molar-refractivity contribution in [3.05, 3.63) is 76.1 Å². The molecule has 0 bridgehead atoms. The summed E-state index contributed by atoms with van der Waals surface area (Å²) in [5, 5.41) is 10.4. The number of methoxy groups -OCH3 is 1. The Morgan fingerprint density at radius 3 is 2.65 bits per heavy atom. The first kappa shape index (κ1) is 18.6. The first-order valence-corrected chi connectivity index (χ1v) is 11.2. The van der Waals surface area contributed by atoms with Gasteiger partial charge in [0.1, 0.15) is 5.76 Å². The molecule has 1 aromatic carbocycles. The van der Waals surface area contributed by atoms with Crippen molar-refractivity contribution in [1.82, 2.24) is 15.0 Å². The molecule has 4 aliphatic rings. The molecule has 0 aliphatic heterocycles. The minimum Gasteiger partial charge on any atom is -0.508 e. The Labute approximate surface area is 181 Å². The zero-order valence-electron chi connectivity index (χ0n) is 17.7. The fourth-order valence-corrected chi connectivity index (χ4v) is 5.59. The summed E-state index contributed by atoms with van der Waals surface area (Å²) >= 11 is 0. The lowest BCUT2D eigenvalue weighted by molar-refractivity contribution is 0.376. The van der Waals surface area contributed by atoms with Gasteiger partial charge < -0.3 is 9.84 Å². The molecule has 0 spiro atoms. The number of aryl methyl sites for hydroxylation is 2. The lowest BCUT2D eigenvalue weighted by Crippen LogP contribution is -2.23. The second kappa shape index (κ2) is 7.19. The molecule has 2 aromatic rings. The highest BCUT2D eigenvalue weighted by atomic mass is 16.5. The molecule has 1 atom stereocenters. The van der Waals surface area contributed by atoms with Crippen molar-refractivity contribution in [1.29, 1.82) is 0 Å². The van der Waals surface area contributed by atoms with Crippen LogP contribution in [0.5, 0.6) is 6.01 Å². The third-order valence-electron chi connectivity index (χ3n) is 7.03. The number of aliphatic hydroxyl groups is 1. The molecule has 0 saturated carbocycles. The summed E-state index contributed by atoms with van der Waals surface area (Å²) < 4.78 is 5.43. The molecule has 1 unspecified atom stereocenters. The van der Waals surface area contributed by atoms with Crippen LogP contribution in [0.25, 0.3) is 16.7 Å². The molecule has 1 N–H and O–H groups in total. The topological polar surface area (TPSA) is 68.1 Å². The predicted octanol–water partition coefficient (Wildman–Crippen LogP) is 5.25. The second-order valence-electron chi connectivity index (χ2n) is 8.71. The Hall–Kier alpha value is -3.21. The molecule has 0 saturated heterocycles. The molecule has 31 heavy (non-hydrogen) atoms. The average molecular weight is 412 g/mol. The highest BCUT2D eigenvalue weighted by Crippen LogP contribution is 2.50. The van der Waals surface area contributed by atoms with Crippen molar-refractivity contribution in [3.8, 4) is 6.01 Å². The first-order valence-electron chi connectivity index (χ1n) is 11.2. The van der Waals surface area contributed by atoms with Crippen LogP contribution >= 0.6 is 0 Å². The van der Waals surface area contributed by atoms with E-state index in [1.807, 2.05) is 6.08 Å². The zero-order valence-corrected chi connectivity index (χ0v) is 17.7. The largest absolute Gasteiger partial charge is 0.508 e. The van der Waals surface area contributed by atoms with Crippen molar-refractivity contribution in [3.63, 3.8) is 0 Å². The molecule has 5 heteroatoms. The van der Waals surface area contributed by atoms with E-state index >= 15 is 0 Å². The summed E-state index contributed by atoms with van der Waals surface area (Å²) in [5.41, 5.74) is 9.23. The summed E-state index contributed by atoms with van der Waals surface area (Å²) in [4.78, 5) is 13.9. The molecule has 1 heterocycles. The minimum atomic E-state index is 0.230. The van der Waals surface area contributed by atoms with Crippen molar-refractivity contribution in [2.45, 2.75) is 44.9 Å². The molecule has 0 fully saturated rings. The molecule has 6 rings (SSSR count). The zero-order chi connectivity index (χ0) is 20.9. The van der Waals surface area contributed by atoms with Gasteiger partial charge in [0.05, 0.1) is 7.11 Å². The number of nitrogens with zero attached hydrogens (tertiary/aromatic N) is 3. The number of benzene rings is 1. The predicted molar refractivity (Wildman–Crippen MR) is 120 cm³/mol. The number of aliphatic hydroxyl groups excluding tert-OH is 1. The van der Waals surface area contributed by atoms with Crippen LogP contribution in [0.1, 0.15) is 60.4 Å². The van der Waals surface area contributed by atoms with Crippen LogP contribution in [0.3, 0.4) is 0 Å². The summed E-state index contributed by atoms with van der Waals surface area (Å²) in [5.74, 6) is 1.99. The van der Waals surface area contributed by atoms with Gasteiger partial charge in [-0.05, 0) is 84.8 Å². The van der Waals surface area contributed by atoms with Gasteiger partial charge in [0.15, 0.2) is 11.6 Å². The fraction of sp³-hybridized carbons (Fsp3) is 0.346. The highest BCUT2D eigenvalue weighted by molar-refractivity contribution is 5.93. The van der Waals surface area contributed by atoms with Crippen LogP contribution in [-0.4, -0.2) is 27.2 Å². The maximum Gasteiger partial charge on any atom is 0.320 e. The quantitative estimate of drug-likeness (QED) is 0.747. The normalized spacial score (nSPS) is 21.7. The fourth-order valence-electron chi connectivity index (χ4n) is 5.59. The van der Waals surface area contributed by atoms with Gasteiger partial charge in [-0.1, -0.05) is 30.4 Å². The number of allylic oxidation sites excluding steroid dienone is 7. The van der Waals surface area contributed by atoms with Gasteiger partial charge in [0.2, 0.25) is 0 Å². The molecule has 4 aliphatic carbocycles. The van der Waals surface area contributed by atoms with Gasteiger partial charge >= 0.3 is 6.01 Å². The number of ether oxygens (including phenoxy) is 1. The smallest absolute Gasteiger partial charge is 0.320 e. The average Bonchev–Trinajstić information content (AvgIpc) is 2.82. The van der Waals surface area contributed by atoms with E-state index in [2.05, 4.69) is 34.2 Å². The van der Waals surface area contributed by atoms with Crippen molar-refractivity contribution >= 4 is 16.7 Å². The van der Waals surface area contributed by atoms with Crippen LogP contribution in [0, 0.1) is 5.92 Å². The molecule has 0 amide bonds. The third kappa shape index (κ3) is 2.94. The molecule has 1 aromatic heterocycles. The summed E-state index contributed by atoms with van der Waals surface area (Å²) in [6.45, 7) is 0. The van der Waals surface area contributed by atoms with Crippen LogP contribution in [-0.2, 0) is 12.8 Å². The third-order valence-corrected chi connectivity index (χ3v) is 7.03. The van der Waals surface area contributed by atoms with E-state index in [0.717, 1.165) is 36.8 Å². The lowest BCUT2D eigenvalue weighted by atomic mass is 9.67. The first-order chi connectivity index (χ1) is 15.2. The van der Waals surface area contributed by atoms with E-state index in [1.165, 1.54) is 40.7 Å². The summed E-state index contributed by atoms with van der Waals surface area (Å²) in [6, 6.07) is 7.09. The number of aromatic nitrogens is 3. The highest BCUT2D eigenvalue weighted by Gasteiger charge is 2.35. The van der Waals surface area contributed by atoms with E-state index in [9.17, 15) is 5.11 Å².